The molecule has 0 radical (unpaired) electrons. The molecule has 2 aromatic heterocycles. The third-order valence-corrected chi connectivity index (χ3v) is 8.36. The fourth-order valence-corrected chi connectivity index (χ4v) is 5.96. The average Bonchev–Trinajstić information content (AvgIpc) is 2.96. The molecule has 1 saturated heterocycles. The Bertz CT molecular complexity index is 1510. The van der Waals surface area contributed by atoms with E-state index in [-0.39, 0.29) is 11.6 Å². The molecule has 218 valence electrons. The summed E-state index contributed by atoms with van der Waals surface area (Å²) in [6, 6.07) is 6.41. The zero-order chi connectivity index (χ0) is 29.7. The molecule has 1 N–H and O–H groups in total. The maximum atomic E-state index is 13.7. The van der Waals surface area contributed by atoms with Crippen LogP contribution in [0.1, 0.15) is 43.8 Å². The van der Waals surface area contributed by atoms with Crippen LogP contribution in [-0.2, 0) is 7.05 Å². The Labute approximate surface area is 248 Å². The molecule has 8 nitrogen and oxygen atoms in total. The van der Waals surface area contributed by atoms with Gasteiger partial charge < -0.3 is 15.1 Å². The summed E-state index contributed by atoms with van der Waals surface area (Å²) in [6.45, 7) is 13.5. The van der Waals surface area contributed by atoms with Crippen LogP contribution in [0.4, 0.5) is 11.5 Å². The number of fused-ring (bicyclic) bond motifs is 1. The van der Waals surface area contributed by atoms with Gasteiger partial charge in [-0.2, -0.15) is 0 Å². The molecule has 0 unspecified atom stereocenters. The Kier molecular flexibility index (Phi) is 9.94. The first-order chi connectivity index (χ1) is 19.6. The molecule has 0 amide bonds. The topological polar surface area (TPSA) is 69.5 Å². The molecule has 0 bridgehead atoms. The molecular weight excluding hydrogens is 530 g/mol. The van der Waals surface area contributed by atoms with E-state index in [0.717, 1.165) is 76.0 Å². The molecule has 3 heterocycles. The van der Waals surface area contributed by atoms with E-state index in [4.69, 9.17) is 0 Å². The summed E-state index contributed by atoms with van der Waals surface area (Å²) in [6.07, 6.45) is 12.1. The van der Waals surface area contributed by atoms with Crippen LogP contribution in [0.2, 0.25) is 0 Å². The minimum Gasteiger partial charge on any atom is -0.378 e. The second kappa shape index (κ2) is 13.4. The van der Waals surface area contributed by atoms with Crippen LogP contribution in [0.5, 0.6) is 0 Å². The maximum absolute atomic E-state index is 13.7. The lowest BCUT2D eigenvalue weighted by molar-refractivity contribution is 0.630. The zero-order valence-corrected chi connectivity index (χ0v) is 26.4. The maximum Gasteiger partial charge on any atom is 0.259 e. The van der Waals surface area contributed by atoms with Gasteiger partial charge in [0.2, 0.25) is 0 Å². The first-order valence-electron chi connectivity index (χ1n) is 14.2. The molecule has 0 saturated carbocycles. The highest BCUT2D eigenvalue weighted by Gasteiger charge is 2.23. The van der Waals surface area contributed by atoms with Crippen molar-refractivity contribution in [1.29, 1.82) is 0 Å². The number of nitrogens with zero attached hydrogens (tertiary/aromatic N) is 6. The van der Waals surface area contributed by atoms with Crippen LogP contribution in [0.15, 0.2) is 70.3 Å². The number of allylic oxidation sites excluding steroid dienone is 4. The number of rotatable bonds is 9. The second-order valence-electron chi connectivity index (χ2n) is 10.7. The quantitative estimate of drug-likeness (QED) is 0.266. The largest absolute Gasteiger partial charge is 0.378 e. The Morgan fingerprint density at radius 1 is 1.02 bits per heavy atom. The predicted molar refractivity (Wildman–Crippen MR) is 175 cm³/mol. The number of aromatic nitrogens is 3. The predicted octanol–water partition coefficient (Wildman–Crippen LogP) is 5.50. The third kappa shape index (κ3) is 7.02. The standard InChI is InChI=1S/C32H43N7OS/c1-9-11-12-29(30(10-2)41-36(6)7)35-23(4)26-17-22(3)18-28-27(26)19-31(37(8)32(28)40)39-15-13-38(14-16-39)25-20-33-24(5)34-21-25/h9-12,17-21,23,35H,13-16H2,1-8H3/b11-9-,29-12+,30-10+/t23-/m1/s1. The Hall–Kier alpha value is -3.56. The molecule has 1 atom stereocenters. The van der Waals surface area contributed by atoms with Crippen molar-refractivity contribution in [3.8, 4) is 0 Å². The van der Waals surface area contributed by atoms with Crippen molar-refractivity contribution < 1.29 is 0 Å². The Morgan fingerprint density at radius 2 is 1.68 bits per heavy atom. The highest BCUT2D eigenvalue weighted by atomic mass is 32.2. The molecule has 4 rings (SSSR count). The van der Waals surface area contributed by atoms with Gasteiger partial charge in [-0.1, -0.05) is 24.3 Å². The van der Waals surface area contributed by atoms with Crippen molar-refractivity contribution in [1.82, 2.24) is 24.2 Å². The van der Waals surface area contributed by atoms with Gasteiger partial charge in [-0.25, -0.2) is 9.97 Å². The monoisotopic (exact) mass is 573 g/mol. The number of benzene rings is 1. The number of hydrogen-bond acceptors (Lipinski definition) is 8. The molecule has 0 spiro atoms. The summed E-state index contributed by atoms with van der Waals surface area (Å²) in [5, 5.41) is 5.51. The molecule has 1 aliphatic rings. The highest BCUT2D eigenvalue weighted by molar-refractivity contribution is 8.01. The van der Waals surface area contributed by atoms with E-state index in [1.165, 1.54) is 0 Å². The van der Waals surface area contributed by atoms with Crippen LogP contribution in [0, 0.1) is 13.8 Å². The van der Waals surface area contributed by atoms with Gasteiger partial charge in [-0.15, -0.1) is 0 Å². The van der Waals surface area contributed by atoms with E-state index in [2.05, 4.69) is 80.5 Å². The van der Waals surface area contributed by atoms with Gasteiger partial charge in [-0.05, 0) is 95.4 Å². The van der Waals surface area contributed by atoms with E-state index >= 15 is 0 Å². The lowest BCUT2D eigenvalue weighted by Crippen LogP contribution is -2.48. The van der Waals surface area contributed by atoms with Crippen LogP contribution < -0.4 is 20.7 Å². The lowest BCUT2D eigenvalue weighted by Gasteiger charge is -2.37. The van der Waals surface area contributed by atoms with Gasteiger partial charge in [-0.3, -0.25) is 13.7 Å². The van der Waals surface area contributed by atoms with Crippen molar-refractivity contribution in [2.75, 3.05) is 50.1 Å². The van der Waals surface area contributed by atoms with Gasteiger partial charge >= 0.3 is 0 Å². The van der Waals surface area contributed by atoms with E-state index < -0.39 is 0 Å². The Morgan fingerprint density at radius 3 is 2.29 bits per heavy atom. The summed E-state index contributed by atoms with van der Waals surface area (Å²) < 4.78 is 3.89. The number of nitrogens with one attached hydrogen (secondary N) is 1. The number of aryl methyl sites for hydroxylation is 2. The third-order valence-electron chi connectivity index (χ3n) is 7.35. The summed E-state index contributed by atoms with van der Waals surface area (Å²) in [7, 11) is 5.98. The first kappa shape index (κ1) is 30.4. The average molecular weight is 574 g/mol. The number of piperazine rings is 1. The van der Waals surface area contributed by atoms with Gasteiger partial charge in [0.05, 0.1) is 18.1 Å². The van der Waals surface area contributed by atoms with Crippen LogP contribution in [0.3, 0.4) is 0 Å². The SMILES string of the molecule is C\C=C/C=C(N[C@H](C)c1cc(C)cc2c(=O)n(C)c(N3CCN(c4cnc(C)nc4)CC3)cc12)\C(=C/C)SN(C)C. The summed E-state index contributed by atoms with van der Waals surface area (Å²) >= 11 is 1.68. The lowest BCUT2D eigenvalue weighted by atomic mass is 9.97. The van der Waals surface area contributed by atoms with Crippen LogP contribution in [-0.4, -0.2) is 59.1 Å². The fraction of sp³-hybridized carbons (Fsp3) is 0.406. The van der Waals surface area contributed by atoms with E-state index in [9.17, 15) is 4.79 Å². The molecule has 1 aromatic carbocycles. The van der Waals surface area contributed by atoms with Crippen LogP contribution >= 0.6 is 11.9 Å². The van der Waals surface area contributed by atoms with Gasteiger partial charge in [0, 0.05) is 55.3 Å². The number of pyridine rings is 1. The van der Waals surface area contributed by atoms with Crippen molar-refractivity contribution in [3.05, 3.63) is 92.8 Å². The molecule has 3 aromatic rings. The number of hydrogen-bond donors (Lipinski definition) is 1. The highest BCUT2D eigenvalue weighted by Crippen LogP contribution is 2.31. The van der Waals surface area contributed by atoms with Crippen molar-refractivity contribution >= 4 is 34.2 Å². The molecule has 1 aliphatic heterocycles. The molecular formula is C32H43N7OS. The van der Waals surface area contributed by atoms with Crippen molar-refractivity contribution in [2.45, 2.75) is 40.7 Å². The first-order valence-corrected chi connectivity index (χ1v) is 14.9. The van der Waals surface area contributed by atoms with Gasteiger partial charge in [0.15, 0.2) is 0 Å². The molecule has 1 fully saturated rings. The molecule has 9 heteroatoms. The summed E-state index contributed by atoms with van der Waals surface area (Å²) in [4.78, 5) is 28.2. The van der Waals surface area contributed by atoms with Crippen molar-refractivity contribution in [3.63, 3.8) is 0 Å². The van der Waals surface area contributed by atoms with Crippen molar-refractivity contribution in [2.24, 2.45) is 7.05 Å². The van der Waals surface area contributed by atoms with E-state index in [1.807, 2.05) is 59.5 Å². The summed E-state index contributed by atoms with van der Waals surface area (Å²) in [5.74, 6) is 1.72. The van der Waals surface area contributed by atoms with Crippen LogP contribution in [0.25, 0.3) is 10.8 Å². The fourth-order valence-electron chi connectivity index (χ4n) is 5.24. The number of anilines is 2. The molecule has 41 heavy (non-hydrogen) atoms. The van der Waals surface area contributed by atoms with E-state index in [0.29, 0.717) is 0 Å². The Balaban J connectivity index is 1.68. The normalized spacial score (nSPS) is 15.8. The van der Waals surface area contributed by atoms with E-state index in [1.54, 1.807) is 16.5 Å². The smallest absolute Gasteiger partial charge is 0.259 e. The summed E-state index contributed by atoms with van der Waals surface area (Å²) in [5.41, 5.74) is 4.31. The molecule has 0 aliphatic carbocycles. The minimum atomic E-state index is -0.0232. The minimum absolute atomic E-state index is 0.0232. The van der Waals surface area contributed by atoms with Gasteiger partial charge in [0.1, 0.15) is 11.6 Å². The van der Waals surface area contributed by atoms with Gasteiger partial charge in [0.25, 0.3) is 5.56 Å². The zero-order valence-electron chi connectivity index (χ0n) is 25.6. The second-order valence-corrected chi connectivity index (χ2v) is 12.0.